The van der Waals surface area contributed by atoms with Gasteiger partial charge in [0.15, 0.2) is 0 Å². The van der Waals surface area contributed by atoms with Crippen molar-refractivity contribution in [2.45, 2.75) is 77.4 Å². The second-order valence-corrected chi connectivity index (χ2v) is 10.3. The Morgan fingerprint density at radius 2 is 1.91 bits per heavy atom. The molecule has 0 bridgehead atoms. The van der Waals surface area contributed by atoms with Crippen molar-refractivity contribution in [1.29, 1.82) is 0 Å². The summed E-state index contributed by atoms with van der Waals surface area (Å²) in [6.45, 7) is 3.66. The molecule has 4 rings (SSSR count). The number of nitrogens with zero attached hydrogens (tertiary/aromatic N) is 1. The summed E-state index contributed by atoms with van der Waals surface area (Å²) in [4.78, 5) is 28.2. The van der Waals surface area contributed by atoms with Gasteiger partial charge in [0, 0.05) is 12.0 Å². The van der Waals surface area contributed by atoms with E-state index in [0.29, 0.717) is 19.3 Å². The number of fused-ring (bicyclic) bond motifs is 1. The maximum atomic E-state index is 13.5. The molecule has 0 unspecified atom stereocenters. The topological polar surface area (TPSA) is 98.1 Å². The van der Waals surface area contributed by atoms with E-state index in [1.54, 1.807) is 18.2 Å². The van der Waals surface area contributed by atoms with Crippen molar-refractivity contribution in [2.24, 2.45) is 17.8 Å². The molecule has 6 heteroatoms. The Balaban J connectivity index is 1.49. The molecule has 1 saturated carbocycles. The molecule has 0 spiro atoms. The second kappa shape index (κ2) is 10.4. The van der Waals surface area contributed by atoms with E-state index < -0.39 is 23.9 Å². The van der Waals surface area contributed by atoms with Crippen molar-refractivity contribution < 1.29 is 24.9 Å². The SMILES string of the molecule is CC1=C([C@H](O)CC/C(C)=C/c2cccc(O)c2)[C@H](CO)[C@@H]2C(=O)N(C3CCCCC3)C(=O)[C@@H]2C1. The molecule has 1 aromatic rings. The fourth-order valence-electron chi connectivity index (χ4n) is 6.33. The highest BCUT2D eigenvalue weighted by atomic mass is 16.3. The number of carbonyl (C=O) groups is 2. The van der Waals surface area contributed by atoms with Crippen LogP contribution in [-0.4, -0.2) is 50.8 Å². The molecule has 4 atom stereocenters. The lowest BCUT2D eigenvalue weighted by molar-refractivity contribution is -0.143. The van der Waals surface area contributed by atoms with Gasteiger partial charge in [-0.3, -0.25) is 14.5 Å². The lowest BCUT2D eigenvalue weighted by Gasteiger charge is -2.35. The average Bonchev–Trinajstić information content (AvgIpc) is 3.06. The summed E-state index contributed by atoms with van der Waals surface area (Å²) in [6, 6.07) is 7.00. The van der Waals surface area contributed by atoms with Crippen LogP contribution in [0, 0.1) is 17.8 Å². The first kappa shape index (κ1) is 24.7. The molecule has 3 aliphatic rings. The predicted octanol–water partition coefficient (Wildman–Crippen LogP) is 4.20. The van der Waals surface area contributed by atoms with Crippen LogP contribution in [0.15, 0.2) is 41.0 Å². The van der Waals surface area contributed by atoms with Gasteiger partial charge >= 0.3 is 0 Å². The third-order valence-electron chi connectivity index (χ3n) is 7.95. The Hall–Kier alpha value is -2.44. The molecule has 0 radical (unpaired) electrons. The summed E-state index contributed by atoms with van der Waals surface area (Å²) >= 11 is 0. The fourth-order valence-corrected chi connectivity index (χ4v) is 6.33. The molecule has 3 N–H and O–H groups in total. The molecule has 1 heterocycles. The molecule has 2 fully saturated rings. The largest absolute Gasteiger partial charge is 0.508 e. The third-order valence-corrected chi connectivity index (χ3v) is 7.95. The Labute approximate surface area is 202 Å². The van der Waals surface area contributed by atoms with E-state index in [1.165, 1.54) is 4.90 Å². The van der Waals surface area contributed by atoms with Crippen LogP contribution in [0.25, 0.3) is 6.08 Å². The molecular formula is C28H37NO5. The van der Waals surface area contributed by atoms with Gasteiger partial charge in [0.1, 0.15) is 5.75 Å². The lowest BCUT2D eigenvalue weighted by atomic mass is 9.68. The number of hydrogen-bond donors (Lipinski definition) is 3. The highest BCUT2D eigenvalue weighted by molar-refractivity contribution is 6.06. The number of aliphatic hydroxyl groups is 2. The Kier molecular flexibility index (Phi) is 7.58. The highest BCUT2D eigenvalue weighted by Gasteiger charge is 2.55. The van der Waals surface area contributed by atoms with Gasteiger partial charge in [-0.25, -0.2) is 0 Å². The molecule has 1 aromatic carbocycles. The number of imide groups is 1. The van der Waals surface area contributed by atoms with Gasteiger partial charge in [-0.2, -0.15) is 0 Å². The zero-order chi connectivity index (χ0) is 24.4. The first-order valence-electron chi connectivity index (χ1n) is 12.6. The quantitative estimate of drug-likeness (QED) is 0.412. The van der Waals surface area contributed by atoms with Crippen LogP contribution >= 0.6 is 0 Å². The average molecular weight is 468 g/mol. The van der Waals surface area contributed by atoms with E-state index in [-0.39, 0.29) is 30.2 Å². The van der Waals surface area contributed by atoms with Crippen LogP contribution in [-0.2, 0) is 9.59 Å². The summed E-state index contributed by atoms with van der Waals surface area (Å²) < 4.78 is 0. The molecular weight excluding hydrogens is 430 g/mol. The van der Waals surface area contributed by atoms with Gasteiger partial charge in [0.2, 0.25) is 11.8 Å². The van der Waals surface area contributed by atoms with Gasteiger partial charge in [0.25, 0.3) is 0 Å². The van der Waals surface area contributed by atoms with Crippen molar-refractivity contribution in [1.82, 2.24) is 4.90 Å². The fraction of sp³-hybridized carbons (Fsp3) is 0.571. The molecule has 2 amide bonds. The summed E-state index contributed by atoms with van der Waals surface area (Å²) in [5, 5.41) is 31.1. The first-order chi connectivity index (χ1) is 16.3. The Morgan fingerprint density at radius 3 is 2.59 bits per heavy atom. The van der Waals surface area contributed by atoms with Gasteiger partial charge in [-0.15, -0.1) is 0 Å². The molecule has 184 valence electrons. The molecule has 34 heavy (non-hydrogen) atoms. The normalized spacial score (nSPS) is 27.4. The summed E-state index contributed by atoms with van der Waals surface area (Å²) in [7, 11) is 0. The van der Waals surface area contributed by atoms with Crippen LogP contribution in [0.1, 0.15) is 70.8 Å². The third kappa shape index (κ3) is 4.84. The number of phenols is 1. The van der Waals surface area contributed by atoms with Crippen molar-refractivity contribution in [3.05, 3.63) is 46.5 Å². The number of allylic oxidation sites excluding steroid dienone is 2. The van der Waals surface area contributed by atoms with E-state index in [2.05, 4.69) is 0 Å². The monoisotopic (exact) mass is 467 g/mol. The molecule has 1 saturated heterocycles. The maximum absolute atomic E-state index is 13.5. The van der Waals surface area contributed by atoms with Crippen LogP contribution in [0.4, 0.5) is 0 Å². The first-order valence-corrected chi connectivity index (χ1v) is 12.6. The number of rotatable bonds is 7. The summed E-state index contributed by atoms with van der Waals surface area (Å²) in [5.41, 5.74) is 3.62. The number of amides is 2. The van der Waals surface area contributed by atoms with Crippen molar-refractivity contribution in [2.75, 3.05) is 6.61 Å². The van der Waals surface area contributed by atoms with Gasteiger partial charge < -0.3 is 15.3 Å². The number of hydrogen-bond acceptors (Lipinski definition) is 5. The van der Waals surface area contributed by atoms with E-state index in [1.807, 2.05) is 26.0 Å². The summed E-state index contributed by atoms with van der Waals surface area (Å²) in [5.74, 6) is -1.54. The summed E-state index contributed by atoms with van der Waals surface area (Å²) in [6.07, 6.45) is 7.74. The van der Waals surface area contributed by atoms with Crippen LogP contribution < -0.4 is 0 Å². The van der Waals surface area contributed by atoms with Crippen LogP contribution in [0.2, 0.25) is 0 Å². The predicted molar refractivity (Wildman–Crippen MR) is 131 cm³/mol. The highest BCUT2D eigenvalue weighted by Crippen LogP contribution is 2.47. The number of likely N-dealkylation sites (tertiary alicyclic amines) is 1. The van der Waals surface area contributed by atoms with E-state index in [4.69, 9.17) is 0 Å². The number of aliphatic hydroxyl groups excluding tert-OH is 2. The van der Waals surface area contributed by atoms with E-state index in [0.717, 1.165) is 54.4 Å². The number of phenolic OH excluding ortho intramolecular Hbond substituents is 1. The number of benzene rings is 1. The molecule has 6 nitrogen and oxygen atoms in total. The van der Waals surface area contributed by atoms with Crippen molar-refractivity contribution in [3.8, 4) is 5.75 Å². The van der Waals surface area contributed by atoms with Crippen molar-refractivity contribution in [3.63, 3.8) is 0 Å². The number of aromatic hydroxyl groups is 1. The zero-order valence-electron chi connectivity index (χ0n) is 20.2. The lowest BCUT2D eigenvalue weighted by Crippen LogP contribution is -2.42. The van der Waals surface area contributed by atoms with Crippen LogP contribution in [0.5, 0.6) is 5.75 Å². The smallest absolute Gasteiger partial charge is 0.234 e. The standard InChI is InChI=1S/C28H37NO5/c1-17(13-19-7-6-10-21(31)15-19)11-12-24(32)25-18(2)14-22-26(23(25)16-30)28(34)29(27(22)33)20-8-4-3-5-9-20/h6-7,10,13,15,20,22-24,26,30-32H,3-5,8-9,11-12,14,16H2,1-2H3/b17-13+/t22-,23+,24-,26-/m1/s1. The minimum absolute atomic E-state index is 0.0161. The minimum Gasteiger partial charge on any atom is -0.508 e. The van der Waals surface area contributed by atoms with Gasteiger partial charge in [0.05, 0.1) is 24.5 Å². The molecule has 2 aliphatic carbocycles. The molecule has 1 aliphatic heterocycles. The maximum Gasteiger partial charge on any atom is 0.234 e. The Bertz CT molecular complexity index is 990. The van der Waals surface area contributed by atoms with Gasteiger partial charge in [-0.05, 0) is 69.2 Å². The van der Waals surface area contributed by atoms with Crippen LogP contribution in [0.3, 0.4) is 0 Å². The number of carbonyl (C=O) groups excluding carboxylic acids is 2. The minimum atomic E-state index is -0.780. The van der Waals surface area contributed by atoms with E-state index >= 15 is 0 Å². The van der Waals surface area contributed by atoms with Crippen molar-refractivity contribution >= 4 is 17.9 Å². The van der Waals surface area contributed by atoms with Gasteiger partial charge in [-0.1, -0.05) is 48.6 Å². The second-order valence-electron chi connectivity index (χ2n) is 10.3. The zero-order valence-corrected chi connectivity index (χ0v) is 20.2. The Morgan fingerprint density at radius 1 is 1.18 bits per heavy atom. The van der Waals surface area contributed by atoms with E-state index in [9.17, 15) is 24.9 Å². The molecule has 0 aromatic heterocycles.